The van der Waals surface area contributed by atoms with E-state index in [-0.39, 0.29) is 23.8 Å². The lowest BCUT2D eigenvalue weighted by Gasteiger charge is -2.32. The van der Waals surface area contributed by atoms with E-state index in [1.54, 1.807) is 23.1 Å². The Labute approximate surface area is 122 Å². The first-order valence-corrected chi connectivity index (χ1v) is 7.12. The molecule has 0 saturated carbocycles. The number of ether oxygens (including phenoxy) is 1. The molecule has 6 heteroatoms. The zero-order valence-corrected chi connectivity index (χ0v) is 11.6. The highest BCUT2D eigenvalue weighted by Crippen LogP contribution is 2.26. The molecule has 112 valence electrons. The average molecular weight is 290 g/mol. The number of rotatable bonds is 3. The lowest BCUT2D eigenvalue weighted by Crippen LogP contribution is -2.49. The molecule has 0 aromatic heterocycles. The fourth-order valence-corrected chi connectivity index (χ4v) is 2.88. The van der Waals surface area contributed by atoms with E-state index in [1.165, 1.54) is 6.07 Å². The Hall–Kier alpha value is -2.08. The number of likely N-dealkylation sites (tertiary alicyclic amines) is 1. The minimum atomic E-state index is -0.965. The third kappa shape index (κ3) is 3.16. The smallest absolute Gasteiger partial charge is 0.335 e. The fraction of sp³-hybridized carbons (Fsp3) is 0.467. The van der Waals surface area contributed by atoms with Crippen LogP contribution in [0, 0.1) is 0 Å². The number of fused-ring (bicyclic) bond motifs is 2. The van der Waals surface area contributed by atoms with Crippen molar-refractivity contribution >= 4 is 12.0 Å². The second kappa shape index (κ2) is 5.73. The van der Waals surface area contributed by atoms with Crippen molar-refractivity contribution in [3.8, 4) is 0 Å². The lowest BCUT2D eigenvalue weighted by atomic mass is 10.1. The van der Waals surface area contributed by atoms with E-state index in [4.69, 9.17) is 9.84 Å². The van der Waals surface area contributed by atoms with Crippen molar-refractivity contribution in [3.63, 3.8) is 0 Å². The van der Waals surface area contributed by atoms with Crippen LogP contribution in [0.5, 0.6) is 0 Å². The van der Waals surface area contributed by atoms with Gasteiger partial charge in [0.2, 0.25) is 0 Å². The summed E-state index contributed by atoms with van der Waals surface area (Å²) in [6, 6.07) is 6.48. The van der Waals surface area contributed by atoms with Gasteiger partial charge in [0.15, 0.2) is 0 Å². The van der Waals surface area contributed by atoms with Crippen LogP contribution < -0.4 is 5.32 Å². The van der Waals surface area contributed by atoms with Crippen LogP contribution in [0.1, 0.15) is 28.8 Å². The molecule has 2 amide bonds. The van der Waals surface area contributed by atoms with Crippen LogP contribution in [0.25, 0.3) is 0 Å². The third-order valence-corrected chi connectivity index (χ3v) is 3.95. The molecule has 0 spiro atoms. The average Bonchev–Trinajstić information content (AvgIpc) is 2.83. The van der Waals surface area contributed by atoms with Gasteiger partial charge in [-0.15, -0.1) is 0 Å². The number of nitrogens with zero attached hydrogens (tertiary/aromatic N) is 1. The molecule has 0 radical (unpaired) electrons. The van der Waals surface area contributed by atoms with E-state index in [2.05, 4.69) is 5.32 Å². The largest absolute Gasteiger partial charge is 0.478 e. The molecular formula is C15H18N2O4. The summed E-state index contributed by atoms with van der Waals surface area (Å²) in [5.41, 5.74) is 1.01. The van der Waals surface area contributed by atoms with Gasteiger partial charge in [-0.2, -0.15) is 0 Å². The zero-order chi connectivity index (χ0) is 14.8. The van der Waals surface area contributed by atoms with Crippen molar-refractivity contribution < 1.29 is 19.4 Å². The van der Waals surface area contributed by atoms with Gasteiger partial charge < -0.3 is 20.1 Å². The minimum absolute atomic E-state index is 0.115. The summed E-state index contributed by atoms with van der Waals surface area (Å²) >= 11 is 0. The first kappa shape index (κ1) is 13.9. The van der Waals surface area contributed by atoms with Gasteiger partial charge in [-0.1, -0.05) is 12.1 Å². The molecule has 2 saturated heterocycles. The number of morpholine rings is 1. The van der Waals surface area contributed by atoms with Crippen LogP contribution in [0.15, 0.2) is 24.3 Å². The van der Waals surface area contributed by atoms with Crippen molar-refractivity contribution in [1.82, 2.24) is 10.2 Å². The van der Waals surface area contributed by atoms with Gasteiger partial charge in [-0.25, -0.2) is 9.59 Å². The normalized spacial score (nSPS) is 23.9. The molecule has 21 heavy (non-hydrogen) atoms. The van der Waals surface area contributed by atoms with Gasteiger partial charge in [0.05, 0.1) is 17.8 Å². The molecule has 2 unspecified atom stereocenters. The Balaban J connectivity index is 1.56. The Morgan fingerprint density at radius 3 is 2.67 bits per heavy atom. The van der Waals surface area contributed by atoms with Gasteiger partial charge in [0.1, 0.15) is 0 Å². The number of amides is 2. The summed E-state index contributed by atoms with van der Waals surface area (Å²) in [5, 5.41) is 11.8. The molecule has 2 aliphatic rings. The standard InChI is InChI=1S/C15H18N2O4/c18-14(19)11-3-1-2-10(6-11)7-16-15(20)17-8-12-4-5-13(9-17)21-12/h1-3,6,12-13H,4-5,7-9H2,(H,16,20)(H,18,19). The fourth-order valence-electron chi connectivity index (χ4n) is 2.88. The highest BCUT2D eigenvalue weighted by Gasteiger charge is 2.35. The van der Waals surface area contributed by atoms with Crippen molar-refractivity contribution in [2.24, 2.45) is 0 Å². The van der Waals surface area contributed by atoms with Gasteiger partial charge >= 0.3 is 12.0 Å². The summed E-state index contributed by atoms with van der Waals surface area (Å²) in [6.45, 7) is 1.60. The molecule has 6 nitrogen and oxygen atoms in total. The second-order valence-electron chi connectivity index (χ2n) is 5.53. The van der Waals surface area contributed by atoms with Crippen molar-refractivity contribution in [2.45, 2.75) is 31.6 Å². The van der Waals surface area contributed by atoms with Crippen LogP contribution in [-0.2, 0) is 11.3 Å². The summed E-state index contributed by atoms with van der Waals surface area (Å²) in [6.07, 6.45) is 2.39. The molecule has 3 rings (SSSR count). The van der Waals surface area contributed by atoms with Crippen LogP contribution in [0.2, 0.25) is 0 Å². The van der Waals surface area contributed by atoms with E-state index in [9.17, 15) is 9.59 Å². The second-order valence-corrected chi connectivity index (χ2v) is 5.53. The van der Waals surface area contributed by atoms with Crippen LogP contribution >= 0.6 is 0 Å². The number of urea groups is 1. The maximum absolute atomic E-state index is 12.2. The maximum Gasteiger partial charge on any atom is 0.335 e. The van der Waals surface area contributed by atoms with Gasteiger partial charge in [-0.05, 0) is 30.5 Å². The summed E-state index contributed by atoms with van der Waals surface area (Å²) in [7, 11) is 0. The zero-order valence-electron chi connectivity index (χ0n) is 11.6. The number of benzene rings is 1. The van der Waals surface area contributed by atoms with Crippen molar-refractivity contribution in [1.29, 1.82) is 0 Å². The molecule has 1 aromatic rings. The molecule has 2 fully saturated rings. The summed E-state index contributed by atoms with van der Waals surface area (Å²) in [4.78, 5) is 24.8. The number of nitrogens with one attached hydrogen (secondary N) is 1. The Morgan fingerprint density at radius 1 is 1.29 bits per heavy atom. The first-order valence-electron chi connectivity index (χ1n) is 7.12. The molecule has 2 aliphatic heterocycles. The third-order valence-electron chi connectivity index (χ3n) is 3.95. The molecule has 1 aromatic carbocycles. The number of hydrogen-bond donors (Lipinski definition) is 2. The van der Waals surface area contributed by atoms with Crippen molar-refractivity contribution in [2.75, 3.05) is 13.1 Å². The highest BCUT2D eigenvalue weighted by molar-refractivity contribution is 5.87. The SMILES string of the molecule is O=C(O)c1cccc(CNC(=O)N2CC3CCC(C2)O3)c1. The quantitative estimate of drug-likeness (QED) is 0.883. The minimum Gasteiger partial charge on any atom is -0.478 e. The topological polar surface area (TPSA) is 78.9 Å². The number of carbonyl (C=O) groups is 2. The Morgan fingerprint density at radius 2 is 2.00 bits per heavy atom. The van der Waals surface area contributed by atoms with E-state index in [0.29, 0.717) is 19.6 Å². The predicted molar refractivity (Wildman–Crippen MR) is 75.1 cm³/mol. The Bertz CT molecular complexity index is 548. The van der Waals surface area contributed by atoms with Crippen molar-refractivity contribution in [3.05, 3.63) is 35.4 Å². The number of carboxylic acid groups (broad SMARTS) is 1. The summed E-state index contributed by atoms with van der Waals surface area (Å²) in [5.74, 6) is -0.965. The van der Waals surface area contributed by atoms with Gasteiger partial charge in [-0.3, -0.25) is 0 Å². The molecular weight excluding hydrogens is 272 g/mol. The van der Waals surface area contributed by atoms with Crippen LogP contribution in [-0.4, -0.2) is 47.3 Å². The van der Waals surface area contributed by atoms with Crippen LogP contribution in [0.4, 0.5) is 4.79 Å². The first-order chi connectivity index (χ1) is 10.1. The van der Waals surface area contributed by atoms with E-state index >= 15 is 0 Å². The van der Waals surface area contributed by atoms with Gasteiger partial charge in [0, 0.05) is 19.6 Å². The lowest BCUT2D eigenvalue weighted by molar-refractivity contribution is -0.0238. The monoisotopic (exact) mass is 290 g/mol. The molecule has 2 atom stereocenters. The van der Waals surface area contributed by atoms with Crippen LogP contribution in [0.3, 0.4) is 0 Å². The predicted octanol–water partition coefficient (Wildman–Crippen LogP) is 1.46. The van der Waals surface area contributed by atoms with E-state index in [0.717, 1.165) is 18.4 Å². The number of aromatic carboxylic acids is 1. The number of hydrogen-bond acceptors (Lipinski definition) is 3. The molecule has 2 bridgehead atoms. The number of carboxylic acids is 1. The van der Waals surface area contributed by atoms with E-state index in [1.807, 2.05) is 0 Å². The number of carbonyl (C=O) groups excluding carboxylic acids is 1. The molecule has 0 aliphatic carbocycles. The maximum atomic E-state index is 12.2. The summed E-state index contributed by atoms with van der Waals surface area (Å²) < 4.78 is 5.70. The molecule has 2 N–H and O–H groups in total. The van der Waals surface area contributed by atoms with E-state index < -0.39 is 5.97 Å². The molecule has 2 heterocycles. The Kier molecular flexibility index (Phi) is 3.79. The van der Waals surface area contributed by atoms with Gasteiger partial charge in [0.25, 0.3) is 0 Å². The highest BCUT2D eigenvalue weighted by atomic mass is 16.5.